The third-order valence-electron chi connectivity index (χ3n) is 2.77. The molecule has 1 aromatic heterocycles. The molecule has 0 unspecified atom stereocenters. The summed E-state index contributed by atoms with van der Waals surface area (Å²) < 4.78 is 2.00. The monoisotopic (exact) mass is 239 g/mol. The van der Waals surface area contributed by atoms with Crippen molar-refractivity contribution in [2.75, 3.05) is 0 Å². The van der Waals surface area contributed by atoms with Gasteiger partial charge >= 0.3 is 0 Å². The number of nitrogens with zero attached hydrogens (tertiary/aromatic N) is 1. The molecule has 1 heterocycles. The first-order valence-electron chi connectivity index (χ1n) is 6.24. The van der Waals surface area contributed by atoms with E-state index < -0.39 is 0 Å². The first-order chi connectivity index (χ1) is 8.81. The highest BCUT2D eigenvalue weighted by Crippen LogP contribution is 2.08. The minimum absolute atomic E-state index is 0.0531. The molecule has 0 N–H and O–H groups in total. The van der Waals surface area contributed by atoms with E-state index in [0.717, 1.165) is 24.2 Å². The van der Waals surface area contributed by atoms with Crippen LogP contribution in [-0.2, 0) is 6.54 Å². The fraction of sp³-hybridized carbons (Fsp3) is 0.188. The van der Waals surface area contributed by atoms with Crippen molar-refractivity contribution < 1.29 is 4.79 Å². The SMILES string of the molecule is CCCn1cccc1C(=O)/C=C/c1ccccc1. The number of aryl methyl sites for hydroxylation is 1. The number of ketones is 1. The highest BCUT2D eigenvalue weighted by Gasteiger charge is 2.06. The maximum atomic E-state index is 12.1. The smallest absolute Gasteiger partial charge is 0.202 e. The molecule has 0 bridgehead atoms. The normalized spacial score (nSPS) is 10.9. The Morgan fingerprint density at radius 2 is 1.94 bits per heavy atom. The summed E-state index contributed by atoms with van der Waals surface area (Å²) in [6.45, 7) is 2.99. The highest BCUT2D eigenvalue weighted by molar-refractivity contribution is 6.05. The minimum Gasteiger partial charge on any atom is -0.345 e. The van der Waals surface area contributed by atoms with Gasteiger partial charge in [-0.2, -0.15) is 0 Å². The van der Waals surface area contributed by atoms with E-state index in [1.807, 2.05) is 59.3 Å². The quantitative estimate of drug-likeness (QED) is 0.574. The zero-order valence-electron chi connectivity index (χ0n) is 10.5. The van der Waals surface area contributed by atoms with E-state index in [0.29, 0.717) is 0 Å². The molecule has 1 aromatic carbocycles. The van der Waals surface area contributed by atoms with E-state index in [1.165, 1.54) is 0 Å². The van der Waals surface area contributed by atoms with Gasteiger partial charge < -0.3 is 4.57 Å². The maximum absolute atomic E-state index is 12.1. The number of allylic oxidation sites excluding steroid dienone is 1. The molecule has 0 saturated carbocycles. The molecule has 0 fully saturated rings. The van der Waals surface area contributed by atoms with Crippen LogP contribution in [0.3, 0.4) is 0 Å². The van der Waals surface area contributed by atoms with Crippen molar-refractivity contribution in [2.45, 2.75) is 19.9 Å². The van der Waals surface area contributed by atoms with Gasteiger partial charge in [-0.25, -0.2) is 0 Å². The lowest BCUT2D eigenvalue weighted by Gasteiger charge is -2.04. The molecule has 2 heteroatoms. The summed E-state index contributed by atoms with van der Waals surface area (Å²) in [6, 6.07) is 13.6. The Morgan fingerprint density at radius 1 is 1.17 bits per heavy atom. The largest absolute Gasteiger partial charge is 0.345 e. The van der Waals surface area contributed by atoms with Crippen LogP contribution in [0.2, 0.25) is 0 Å². The molecule has 0 spiro atoms. The van der Waals surface area contributed by atoms with E-state index in [2.05, 4.69) is 6.92 Å². The van der Waals surface area contributed by atoms with E-state index in [1.54, 1.807) is 6.08 Å². The molecule has 0 radical (unpaired) electrons. The second kappa shape index (κ2) is 6.01. The van der Waals surface area contributed by atoms with Crippen molar-refractivity contribution >= 4 is 11.9 Å². The molecule has 92 valence electrons. The predicted octanol–water partition coefficient (Wildman–Crippen LogP) is 3.79. The zero-order valence-corrected chi connectivity index (χ0v) is 10.5. The number of carbonyl (C=O) groups excluding carboxylic acids is 1. The molecule has 18 heavy (non-hydrogen) atoms. The number of hydrogen-bond acceptors (Lipinski definition) is 1. The van der Waals surface area contributed by atoms with Crippen LogP contribution in [0.25, 0.3) is 6.08 Å². The van der Waals surface area contributed by atoms with Crippen LogP contribution >= 0.6 is 0 Å². The summed E-state index contributed by atoms with van der Waals surface area (Å²) in [5.74, 6) is 0.0531. The Bertz CT molecular complexity index is 537. The standard InChI is InChI=1S/C16H17NO/c1-2-12-17-13-6-9-15(17)16(18)11-10-14-7-4-3-5-8-14/h3-11,13H,2,12H2,1H3/b11-10+. The molecular formula is C16H17NO. The third kappa shape index (κ3) is 2.98. The molecule has 2 aromatic rings. The lowest BCUT2D eigenvalue weighted by molar-refractivity contribution is 0.103. The average Bonchev–Trinajstić information content (AvgIpc) is 2.86. The first kappa shape index (κ1) is 12.4. The van der Waals surface area contributed by atoms with Gasteiger partial charge in [-0.15, -0.1) is 0 Å². The van der Waals surface area contributed by atoms with Crippen LogP contribution in [0.1, 0.15) is 29.4 Å². The summed E-state index contributed by atoms with van der Waals surface area (Å²) in [5, 5.41) is 0. The summed E-state index contributed by atoms with van der Waals surface area (Å²) in [6.07, 6.45) is 6.47. The fourth-order valence-electron chi connectivity index (χ4n) is 1.90. The number of carbonyl (C=O) groups is 1. The average molecular weight is 239 g/mol. The Balaban J connectivity index is 2.12. The van der Waals surface area contributed by atoms with Crippen LogP contribution in [0.4, 0.5) is 0 Å². The molecule has 2 rings (SSSR count). The molecule has 0 saturated heterocycles. The van der Waals surface area contributed by atoms with Crippen molar-refractivity contribution in [1.29, 1.82) is 0 Å². The third-order valence-corrected chi connectivity index (χ3v) is 2.77. The number of benzene rings is 1. The molecule has 0 amide bonds. The topological polar surface area (TPSA) is 22.0 Å². The number of aromatic nitrogens is 1. The van der Waals surface area contributed by atoms with Crippen molar-refractivity contribution in [3.05, 3.63) is 66.0 Å². The van der Waals surface area contributed by atoms with Crippen LogP contribution in [0.5, 0.6) is 0 Å². The first-order valence-corrected chi connectivity index (χ1v) is 6.24. The number of rotatable bonds is 5. The summed E-state index contributed by atoms with van der Waals surface area (Å²) in [7, 11) is 0. The van der Waals surface area contributed by atoms with E-state index in [-0.39, 0.29) is 5.78 Å². The van der Waals surface area contributed by atoms with E-state index in [4.69, 9.17) is 0 Å². The van der Waals surface area contributed by atoms with Gasteiger partial charge in [0.05, 0.1) is 5.69 Å². The molecule has 0 aliphatic rings. The van der Waals surface area contributed by atoms with Gasteiger partial charge in [-0.05, 0) is 30.2 Å². The zero-order chi connectivity index (χ0) is 12.8. The van der Waals surface area contributed by atoms with Crippen molar-refractivity contribution in [2.24, 2.45) is 0 Å². The van der Waals surface area contributed by atoms with Gasteiger partial charge in [0, 0.05) is 12.7 Å². The van der Waals surface area contributed by atoms with Gasteiger partial charge in [-0.3, -0.25) is 4.79 Å². The second-order valence-corrected chi connectivity index (χ2v) is 4.20. The highest BCUT2D eigenvalue weighted by atomic mass is 16.1. The summed E-state index contributed by atoms with van der Waals surface area (Å²) in [4.78, 5) is 12.1. The van der Waals surface area contributed by atoms with Gasteiger partial charge in [0.25, 0.3) is 0 Å². The van der Waals surface area contributed by atoms with Crippen LogP contribution in [-0.4, -0.2) is 10.4 Å². The van der Waals surface area contributed by atoms with Crippen molar-refractivity contribution in [3.8, 4) is 0 Å². The van der Waals surface area contributed by atoms with Gasteiger partial charge in [0.2, 0.25) is 5.78 Å². The Hall–Kier alpha value is -2.09. The Morgan fingerprint density at radius 3 is 2.67 bits per heavy atom. The fourth-order valence-corrected chi connectivity index (χ4v) is 1.90. The summed E-state index contributed by atoms with van der Waals surface area (Å²) in [5.41, 5.74) is 1.79. The van der Waals surface area contributed by atoms with Gasteiger partial charge in [0.15, 0.2) is 0 Å². The molecule has 0 atom stereocenters. The van der Waals surface area contributed by atoms with Gasteiger partial charge in [-0.1, -0.05) is 43.3 Å². The molecule has 0 aliphatic carbocycles. The van der Waals surface area contributed by atoms with E-state index >= 15 is 0 Å². The Kier molecular flexibility index (Phi) is 4.13. The second-order valence-electron chi connectivity index (χ2n) is 4.20. The molecular weight excluding hydrogens is 222 g/mol. The van der Waals surface area contributed by atoms with Crippen LogP contribution in [0, 0.1) is 0 Å². The van der Waals surface area contributed by atoms with Crippen molar-refractivity contribution in [1.82, 2.24) is 4.57 Å². The number of hydrogen-bond donors (Lipinski definition) is 0. The van der Waals surface area contributed by atoms with Crippen LogP contribution in [0.15, 0.2) is 54.7 Å². The van der Waals surface area contributed by atoms with E-state index in [9.17, 15) is 4.79 Å². The Labute approximate surface area is 108 Å². The van der Waals surface area contributed by atoms with Crippen LogP contribution < -0.4 is 0 Å². The van der Waals surface area contributed by atoms with Gasteiger partial charge in [0.1, 0.15) is 0 Å². The lowest BCUT2D eigenvalue weighted by Crippen LogP contribution is -2.05. The minimum atomic E-state index is 0.0531. The maximum Gasteiger partial charge on any atom is 0.202 e. The molecule has 2 nitrogen and oxygen atoms in total. The summed E-state index contributed by atoms with van der Waals surface area (Å²) >= 11 is 0. The lowest BCUT2D eigenvalue weighted by atomic mass is 10.2. The predicted molar refractivity (Wildman–Crippen MR) is 74.5 cm³/mol. The molecule has 0 aliphatic heterocycles. The van der Waals surface area contributed by atoms with Crippen molar-refractivity contribution in [3.63, 3.8) is 0 Å².